The van der Waals surface area contributed by atoms with E-state index in [-0.39, 0.29) is 31.0 Å². The number of hydrogen-bond donors (Lipinski definition) is 4. The zero-order valence-electron chi connectivity index (χ0n) is 17.0. The third-order valence-corrected chi connectivity index (χ3v) is 5.74. The molecule has 7 nitrogen and oxygen atoms in total. The number of carbonyl (C=O) groups excluding carboxylic acids is 2. The number of rotatable bonds is 7. The van der Waals surface area contributed by atoms with Crippen LogP contribution in [0.1, 0.15) is 44.1 Å². The number of halogens is 1. The highest BCUT2D eigenvalue weighted by Gasteiger charge is 2.29. The van der Waals surface area contributed by atoms with Crippen LogP contribution < -0.4 is 16.0 Å². The van der Waals surface area contributed by atoms with E-state index in [2.05, 4.69) is 16.0 Å². The molecular weight excluding hydrogens is 406 g/mol. The summed E-state index contributed by atoms with van der Waals surface area (Å²) in [6.07, 6.45) is 8.15. The molecule has 0 radical (unpaired) electrons. The highest BCUT2D eigenvalue weighted by atomic mass is 35.5. The molecule has 3 amide bonds. The first-order valence-electron chi connectivity index (χ1n) is 10.6. The van der Waals surface area contributed by atoms with Crippen molar-refractivity contribution in [1.29, 1.82) is 0 Å². The lowest BCUT2D eigenvalue weighted by molar-refractivity contribution is -0.125. The molecule has 1 fully saturated rings. The van der Waals surface area contributed by atoms with E-state index >= 15 is 0 Å². The van der Waals surface area contributed by atoms with Crippen LogP contribution in [0.5, 0.6) is 0 Å². The van der Waals surface area contributed by atoms with E-state index in [1.54, 1.807) is 24.3 Å². The van der Waals surface area contributed by atoms with E-state index in [0.29, 0.717) is 11.6 Å². The molecule has 1 heterocycles. The Balaban J connectivity index is 1.44. The van der Waals surface area contributed by atoms with Crippen LogP contribution in [0.25, 0.3) is 0 Å². The topological polar surface area (TPSA) is 99.7 Å². The van der Waals surface area contributed by atoms with Crippen molar-refractivity contribution in [2.45, 2.75) is 69.4 Å². The SMILES string of the molecule is O=C(C[C@H]1C=C[C@@H](NC(=O)NC2CCCCC2)[C@H](CO)O1)NCc1ccc(Cl)cc1. The summed E-state index contributed by atoms with van der Waals surface area (Å²) in [4.78, 5) is 24.5. The summed E-state index contributed by atoms with van der Waals surface area (Å²) in [5.74, 6) is -0.155. The van der Waals surface area contributed by atoms with E-state index in [9.17, 15) is 14.7 Å². The normalized spacial score (nSPS) is 24.3. The first-order chi connectivity index (χ1) is 14.5. The molecule has 1 aliphatic heterocycles. The monoisotopic (exact) mass is 435 g/mol. The number of nitrogens with one attached hydrogen (secondary N) is 3. The summed E-state index contributed by atoms with van der Waals surface area (Å²) in [5, 5.41) is 19.0. The molecule has 0 bridgehead atoms. The Morgan fingerprint density at radius 1 is 1.07 bits per heavy atom. The molecule has 8 heteroatoms. The molecule has 3 atom stereocenters. The summed E-state index contributed by atoms with van der Waals surface area (Å²) in [5.41, 5.74) is 0.953. The van der Waals surface area contributed by atoms with Gasteiger partial charge in [0.2, 0.25) is 5.91 Å². The summed E-state index contributed by atoms with van der Waals surface area (Å²) in [7, 11) is 0. The minimum absolute atomic E-state index is 0.140. The highest BCUT2D eigenvalue weighted by Crippen LogP contribution is 2.18. The molecular formula is C22H30ClN3O4. The Morgan fingerprint density at radius 3 is 2.50 bits per heavy atom. The van der Waals surface area contributed by atoms with Crippen molar-refractivity contribution in [1.82, 2.24) is 16.0 Å². The number of urea groups is 1. The van der Waals surface area contributed by atoms with Crippen LogP contribution in [0.2, 0.25) is 5.02 Å². The Labute approximate surface area is 182 Å². The smallest absolute Gasteiger partial charge is 0.315 e. The third-order valence-electron chi connectivity index (χ3n) is 5.49. The van der Waals surface area contributed by atoms with Gasteiger partial charge in [-0.05, 0) is 30.5 Å². The number of benzene rings is 1. The number of ether oxygens (including phenoxy) is 1. The number of amides is 3. The molecule has 1 aromatic carbocycles. The summed E-state index contributed by atoms with van der Waals surface area (Å²) < 4.78 is 5.82. The Hall–Kier alpha value is -2.09. The fourth-order valence-corrected chi connectivity index (χ4v) is 3.95. The van der Waals surface area contributed by atoms with E-state index in [1.165, 1.54) is 6.42 Å². The molecule has 30 heavy (non-hydrogen) atoms. The largest absolute Gasteiger partial charge is 0.394 e. The summed E-state index contributed by atoms with van der Waals surface area (Å²) in [6, 6.07) is 6.78. The van der Waals surface area contributed by atoms with Crippen LogP contribution >= 0.6 is 11.6 Å². The standard InChI is InChI=1S/C22H30ClN3O4/c23-16-8-6-15(7-9-16)13-24-21(28)12-18-10-11-19(20(14-27)30-18)26-22(29)25-17-4-2-1-3-5-17/h6-11,17-20,27H,1-5,12-14H2,(H,24,28)(H2,25,26,29)/t18-,19-,20+/m1/s1. The molecule has 0 unspecified atom stereocenters. The lowest BCUT2D eigenvalue weighted by Crippen LogP contribution is -2.53. The van der Waals surface area contributed by atoms with Gasteiger partial charge in [-0.15, -0.1) is 0 Å². The van der Waals surface area contributed by atoms with Crippen LogP contribution in [0, 0.1) is 0 Å². The third kappa shape index (κ3) is 7.00. The van der Waals surface area contributed by atoms with Gasteiger partial charge < -0.3 is 25.8 Å². The average molecular weight is 436 g/mol. The van der Waals surface area contributed by atoms with E-state index in [4.69, 9.17) is 16.3 Å². The molecule has 4 N–H and O–H groups in total. The Morgan fingerprint density at radius 2 is 1.80 bits per heavy atom. The van der Waals surface area contributed by atoms with E-state index in [0.717, 1.165) is 31.2 Å². The van der Waals surface area contributed by atoms with Gasteiger partial charge in [0.25, 0.3) is 0 Å². The fraction of sp³-hybridized carbons (Fsp3) is 0.545. The number of carbonyl (C=O) groups is 2. The molecule has 3 rings (SSSR count). The second-order valence-corrected chi connectivity index (χ2v) is 8.30. The van der Waals surface area contributed by atoms with Crippen LogP contribution in [0.3, 0.4) is 0 Å². The van der Waals surface area contributed by atoms with Gasteiger partial charge in [-0.3, -0.25) is 4.79 Å². The van der Waals surface area contributed by atoms with Crippen molar-refractivity contribution < 1.29 is 19.4 Å². The van der Waals surface area contributed by atoms with Crippen molar-refractivity contribution in [2.24, 2.45) is 0 Å². The molecule has 1 saturated carbocycles. The van der Waals surface area contributed by atoms with Gasteiger partial charge in [-0.2, -0.15) is 0 Å². The first kappa shape index (κ1) is 22.6. The van der Waals surface area contributed by atoms with Gasteiger partial charge >= 0.3 is 6.03 Å². The van der Waals surface area contributed by atoms with Crippen molar-refractivity contribution >= 4 is 23.5 Å². The van der Waals surface area contributed by atoms with Gasteiger partial charge in [0.15, 0.2) is 0 Å². The Kier molecular flexibility index (Phi) is 8.54. The fourth-order valence-electron chi connectivity index (χ4n) is 3.82. The van der Waals surface area contributed by atoms with Crippen LogP contribution in [0.15, 0.2) is 36.4 Å². The minimum atomic E-state index is -0.596. The van der Waals surface area contributed by atoms with Gasteiger partial charge in [0.05, 0.1) is 25.2 Å². The maximum atomic E-state index is 12.3. The zero-order chi connectivity index (χ0) is 21.3. The maximum absolute atomic E-state index is 12.3. The molecule has 1 aliphatic carbocycles. The summed E-state index contributed by atoms with van der Waals surface area (Å²) in [6.45, 7) is 0.156. The Bertz CT molecular complexity index is 734. The van der Waals surface area contributed by atoms with Gasteiger partial charge in [0.1, 0.15) is 6.10 Å². The second-order valence-electron chi connectivity index (χ2n) is 7.87. The van der Waals surface area contributed by atoms with Crippen molar-refractivity contribution in [2.75, 3.05) is 6.61 Å². The quantitative estimate of drug-likeness (QED) is 0.495. The molecule has 1 aromatic rings. The van der Waals surface area contributed by atoms with Gasteiger partial charge in [0, 0.05) is 17.6 Å². The first-order valence-corrected chi connectivity index (χ1v) is 10.9. The second kappa shape index (κ2) is 11.3. The average Bonchev–Trinajstić information content (AvgIpc) is 2.75. The molecule has 0 aromatic heterocycles. The van der Waals surface area contributed by atoms with Crippen LogP contribution in [0.4, 0.5) is 4.79 Å². The van der Waals surface area contributed by atoms with E-state index in [1.807, 2.05) is 12.1 Å². The number of aliphatic hydroxyl groups is 1. The highest BCUT2D eigenvalue weighted by molar-refractivity contribution is 6.30. The minimum Gasteiger partial charge on any atom is -0.394 e. The molecule has 2 aliphatic rings. The van der Waals surface area contributed by atoms with Crippen LogP contribution in [-0.2, 0) is 16.1 Å². The molecule has 164 valence electrons. The summed E-state index contributed by atoms with van der Waals surface area (Å²) >= 11 is 5.86. The van der Waals surface area contributed by atoms with Gasteiger partial charge in [-0.25, -0.2) is 4.79 Å². The maximum Gasteiger partial charge on any atom is 0.315 e. The molecule has 0 saturated heterocycles. The lowest BCUT2D eigenvalue weighted by Gasteiger charge is -2.32. The predicted molar refractivity (Wildman–Crippen MR) is 115 cm³/mol. The van der Waals surface area contributed by atoms with Crippen molar-refractivity contribution in [3.05, 3.63) is 47.0 Å². The van der Waals surface area contributed by atoms with Crippen molar-refractivity contribution in [3.8, 4) is 0 Å². The number of hydrogen-bond acceptors (Lipinski definition) is 4. The van der Waals surface area contributed by atoms with E-state index < -0.39 is 18.2 Å². The lowest BCUT2D eigenvalue weighted by atomic mass is 9.96. The predicted octanol–water partition coefficient (Wildman–Crippen LogP) is 2.66. The van der Waals surface area contributed by atoms with Gasteiger partial charge in [-0.1, -0.05) is 55.1 Å². The molecule has 0 spiro atoms. The zero-order valence-corrected chi connectivity index (χ0v) is 17.7. The van der Waals surface area contributed by atoms with Crippen LogP contribution in [-0.4, -0.2) is 47.9 Å². The number of aliphatic hydroxyl groups excluding tert-OH is 1. The van der Waals surface area contributed by atoms with Crippen molar-refractivity contribution in [3.63, 3.8) is 0 Å².